The zero-order valence-electron chi connectivity index (χ0n) is 22.5. The van der Waals surface area contributed by atoms with Gasteiger partial charge in [0.15, 0.2) is 0 Å². The molecule has 1 aliphatic rings. The van der Waals surface area contributed by atoms with E-state index in [1.165, 1.54) is 24.1 Å². The van der Waals surface area contributed by atoms with Crippen LogP contribution in [0.25, 0.3) is 22.3 Å². The Kier molecular flexibility index (Phi) is 9.23. The summed E-state index contributed by atoms with van der Waals surface area (Å²) in [6.07, 6.45) is 5.75. The van der Waals surface area contributed by atoms with E-state index in [4.69, 9.17) is 16.3 Å². The van der Waals surface area contributed by atoms with E-state index < -0.39 is 5.82 Å². The second-order valence-electron chi connectivity index (χ2n) is 9.57. The van der Waals surface area contributed by atoms with Crippen LogP contribution in [-0.4, -0.2) is 74.3 Å². The predicted molar refractivity (Wildman–Crippen MR) is 154 cm³/mol. The second kappa shape index (κ2) is 12.8. The number of rotatable bonds is 9. The van der Waals surface area contributed by atoms with Crippen LogP contribution in [0.3, 0.4) is 0 Å². The van der Waals surface area contributed by atoms with Crippen molar-refractivity contribution in [3.8, 4) is 28.0 Å². The number of phenolic OH excluding ortho intramolecular Hbond substituents is 1. The number of phenols is 1. The van der Waals surface area contributed by atoms with Gasteiger partial charge in [-0.15, -0.1) is 0 Å². The van der Waals surface area contributed by atoms with Crippen LogP contribution < -0.4 is 15.1 Å². The Hall–Kier alpha value is -4.15. The maximum atomic E-state index is 14.9. The molecule has 0 aliphatic carbocycles. The fourth-order valence-corrected chi connectivity index (χ4v) is 4.79. The minimum Gasteiger partial charge on any atom is -0.507 e. The summed E-state index contributed by atoms with van der Waals surface area (Å²) in [5.74, 6) is -0.308. The third-order valence-corrected chi connectivity index (χ3v) is 6.83. The van der Waals surface area contributed by atoms with E-state index in [1.807, 2.05) is 19.0 Å². The molecule has 0 saturated carbocycles. The fourth-order valence-electron chi connectivity index (χ4n) is 4.51. The number of ether oxygens (including phenoxy) is 1. The largest absolute Gasteiger partial charge is 0.507 e. The monoisotopic (exact) mass is 567 g/mol. The van der Waals surface area contributed by atoms with Gasteiger partial charge in [-0.3, -0.25) is 14.5 Å². The highest BCUT2D eigenvalue weighted by Gasteiger charge is 2.24. The van der Waals surface area contributed by atoms with Gasteiger partial charge < -0.3 is 25.0 Å². The van der Waals surface area contributed by atoms with Crippen LogP contribution >= 0.6 is 11.6 Å². The molecule has 210 valence electrons. The van der Waals surface area contributed by atoms with Gasteiger partial charge >= 0.3 is 5.97 Å². The first kappa shape index (κ1) is 28.8. The van der Waals surface area contributed by atoms with Crippen LogP contribution in [0.2, 0.25) is 5.02 Å². The van der Waals surface area contributed by atoms with Crippen molar-refractivity contribution in [1.29, 1.82) is 0 Å². The number of carbonyl (C=O) groups excluding carboxylic acids is 2. The molecule has 1 fully saturated rings. The number of methoxy groups -OCH3 is 1. The van der Waals surface area contributed by atoms with Gasteiger partial charge in [0.1, 0.15) is 17.4 Å². The van der Waals surface area contributed by atoms with Crippen LogP contribution in [0.1, 0.15) is 6.42 Å². The summed E-state index contributed by atoms with van der Waals surface area (Å²) in [7, 11) is 5.01. The molecule has 2 N–H and O–H groups in total. The van der Waals surface area contributed by atoms with E-state index in [0.717, 1.165) is 0 Å². The lowest BCUT2D eigenvalue weighted by Gasteiger charge is -2.34. The zero-order chi connectivity index (χ0) is 28.8. The van der Waals surface area contributed by atoms with Crippen molar-refractivity contribution in [3.63, 3.8) is 0 Å². The summed E-state index contributed by atoms with van der Waals surface area (Å²) in [5, 5.41) is 14.8. The number of anilines is 2. The number of benzene rings is 2. The Bertz CT molecular complexity index is 1420. The topological polar surface area (TPSA) is 98.2 Å². The molecule has 2 aromatic carbocycles. The Balaban J connectivity index is 1.65. The average molecular weight is 568 g/mol. The normalized spacial score (nSPS) is 15.2. The molecule has 1 amide bonds. The summed E-state index contributed by atoms with van der Waals surface area (Å²) in [6, 6.07) is 10.8. The van der Waals surface area contributed by atoms with E-state index in [0.29, 0.717) is 54.2 Å². The number of aromatic hydroxyl groups is 1. The van der Waals surface area contributed by atoms with E-state index in [9.17, 15) is 19.1 Å². The molecular formula is C29H31ClFN5O4. The minimum atomic E-state index is -0.537. The number of carbonyl (C=O) groups is 2. The lowest BCUT2D eigenvalue weighted by molar-refractivity contribution is -0.141. The first-order valence-corrected chi connectivity index (χ1v) is 13.0. The SMILES string of the molecule is COC(=O)CC1CN(c2cc(-c3cc(F)cc(-c4ccc(N(C=O)/C=C\N(C)C)c(Cl)c4)c3O)ccn2)CCN1. The fraction of sp³-hybridized carbons (Fsp3) is 0.276. The lowest BCUT2D eigenvalue weighted by atomic mass is 9.97. The van der Waals surface area contributed by atoms with Crippen LogP contribution in [0, 0.1) is 5.82 Å². The highest BCUT2D eigenvalue weighted by molar-refractivity contribution is 6.34. The van der Waals surface area contributed by atoms with E-state index in [2.05, 4.69) is 10.3 Å². The third kappa shape index (κ3) is 6.70. The average Bonchev–Trinajstić information content (AvgIpc) is 2.95. The van der Waals surface area contributed by atoms with Crippen LogP contribution in [0.4, 0.5) is 15.9 Å². The Labute approximate surface area is 237 Å². The lowest BCUT2D eigenvalue weighted by Crippen LogP contribution is -2.51. The van der Waals surface area contributed by atoms with E-state index in [-0.39, 0.29) is 34.8 Å². The number of pyridine rings is 1. The van der Waals surface area contributed by atoms with Crippen molar-refractivity contribution >= 4 is 35.5 Å². The molecule has 3 aromatic rings. The van der Waals surface area contributed by atoms with Gasteiger partial charge in [0.25, 0.3) is 0 Å². The first-order valence-electron chi connectivity index (χ1n) is 12.6. The molecule has 4 rings (SSSR count). The summed E-state index contributed by atoms with van der Waals surface area (Å²) in [4.78, 5) is 33.0. The highest BCUT2D eigenvalue weighted by atomic mass is 35.5. The number of aromatic nitrogens is 1. The van der Waals surface area contributed by atoms with Crippen molar-refractivity contribution < 1.29 is 23.8 Å². The van der Waals surface area contributed by atoms with Crippen LogP contribution in [0.5, 0.6) is 5.75 Å². The number of amides is 1. The van der Waals surface area contributed by atoms with Crippen molar-refractivity contribution in [3.05, 3.63) is 71.9 Å². The number of halogens is 2. The molecule has 1 aromatic heterocycles. The van der Waals surface area contributed by atoms with Gasteiger partial charge in [-0.1, -0.05) is 17.7 Å². The van der Waals surface area contributed by atoms with Crippen LogP contribution in [-0.2, 0) is 14.3 Å². The van der Waals surface area contributed by atoms with E-state index in [1.54, 1.807) is 53.8 Å². The number of piperazine rings is 1. The number of hydrogen-bond acceptors (Lipinski definition) is 8. The van der Waals surface area contributed by atoms with Gasteiger partial charge in [0.2, 0.25) is 6.41 Å². The second-order valence-corrected chi connectivity index (χ2v) is 9.98. The van der Waals surface area contributed by atoms with Crippen molar-refractivity contribution in [1.82, 2.24) is 15.2 Å². The van der Waals surface area contributed by atoms with Crippen LogP contribution in [0.15, 0.2) is 61.1 Å². The van der Waals surface area contributed by atoms with Gasteiger partial charge in [-0.05, 0) is 47.5 Å². The maximum Gasteiger partial charge on any atom is 0.307 e. The summed E-state index contributed by atoms with van der Waals surface area (Å²) in [6.45, 7) is 1.87. The standard InChI is InChI=1S/C29H31ClFN5O4/c1-34(2)10-11-36(18-37)26-5-4-19(12-25(26)30)23-14-21(31)15-24(29(23)39)20-6-7-33-27(13-20)35-9-8-32-22(17-35)16-28(38)40-3/h4-7,10-15,18,22,32,39H,8-9,16-17H2,1-3H3/b11-10-. The number of esters is 1. The molecule has 2 heterocycles. The third-order valence-electron chi connectivity index (χ3n) is 6.53. The van der Waals surface area contributed by atoms with Gasteiger partial charge in [0.05, 0.1) is 24.2 Å². The maximum absolute atomic E-state index is 14.9. The molecule has 0 spiro atoms. The summed E-state index contributed by atoms with van der Waals surface area (Å²) >= 11 is 6.51. The van der Waals surface area contributed by atoms with Crippen molar-refractivity contribution in [2.75, 3.05) is 50.6 Å². The quantitative estimate of drug-likeness (QED) is 0.292. The zero-order valence-corrected chi connectivity index (χ0v) is 23.2. The molecule has 11 heteroatoms. The molecule has 1 atom stereocenters. The first-order chi connectivity index (χ1) is 19.2. The molecule has 9 nitrogen and oxygen atoms in total. The Morgan fingerprint density at radius 1 is 1.20 bits per heavy atom. The molecule has 1 saturated heterocycles. The van der Waals surface area contributed by atoms with Crippen molar-refractivity contribution in [2.45, 2.75) is 12.5 Å². The molecule has 1 aliphatic heterocycles. The molecular weight excluding hydrogens is 537 g/mol. The molecule has 0 radical (unpaired) electrons. The summed E-state index contributed by atoms with van der Waals surface area (Å²) in [5.41, 5.74) is 2.05. The van der Waals surface area contributed by atoms with Gasteiger partial charge in [-0.2, -0.15) is 0 Å². The number of nitrogens with one attached hydrogen (secondary N) is 1. The predicted octanol–water partition coefficient (Wildman–Crippen LogP) is 4.25. The van der Waals surface area contributed by atoms with Gasteiger partial charge in [-0.25, -0.2) is 9.37 Å². The Morgan fingerprint density at radius 2 is 1.93 bits per heavy atom. The Morgan fingerprint density at radius 3 is 2.58 bits per heavy atom. The van der Waals surface area contributed by atoms with E-state index >= 15 is 0 Å². The van der Waals surface area contributed by atoms with Crippen molar-refractivity contribution in [2.24, 2.45) is 0 Å². The highest BCUT2D eigenvalue weighted by Crippen LogP contribution is 2.41. The smallest absolute Gasteiger partial charge is 0.307 e. The number of hydrogen-bond donors (Lipinski definition) is 2. The number of nitrogens with zero attached hydrogens (tertiary/aromatic N) is 4. The van der Waals surface area contributed by atoms with Gasteiger partial charge in [0, 0.05) is 69.5 Å². The molecule has 40 heavy (non-hydrogen) atoms. The summed E-state index contributed by atoms with van der Waals surface area (Å²) < 4.78 is 19.7. The molecule has 1 unspecified atom stereocenters. The minimum absolute atomic E-state index is 0.0953. The molecule has 0 bridgehead atoms.